The van der Waals surface area contributed by atoms with Crippen LogP contribution >= 0.6 is 0 Å². The van der Waals surface area contributed by atoms with Gasteiger partial charge >= 0.3 is 6.03 Å². The Morgan fingerprint density at radius 1 is 1.17 bits per heavy atom. The zero-order chi connectivity index (χ0) is 16.8. The molecule has 6 nitrogen and oxygen atoms in total. The second-order valence-electron chi connectivity index (χ2n) is 6.94. The Morgan fingerprint density at radius 3 is 2.58 bits per heavy atom. The number of urea groups is 1. The molecule has 1 aromatic heterocycles. The van der Waals surface area contributed by atoms with Crippen molar-refractivity contribution in [1.82, 2.24) is 15.2 Å². The van der Waals surface area contributed by atoms with Crippen molar-refractivity contribution in [3.8, 4) is 5.88 Å². The van der Waals surface area contributed by atoms with E-state index in [2.05, 4.69) is 27.6 Å². The molecular formula is C18H28N4O2. The summed E-state index contributed by atoms with van der Waals surface area (Å²) in [6, 6.07) is 3.83. The van der Waals surface area contributed by atoms with Crippen molar-refractivity contribution in [3.05, 3.63) is 18.3 Å². The van der Waals surface area contributed by atoms with Gasteiger partial charge in [-0.05, 0) is 38.8 Å². The molecule has 6 heteroatoms. The lowest BCUT2D eigenvalue weighted by molar-refractivity contribution is 0.110. The minimum absolute atomic E-state index is 0.146. The number of nitrogens with zero attached hydrogens (tertiary/aromatic N) is 2. The number of hydrogen-bond donors (Lipinski definition) is 2. The van der Waals surface area contributed by atoms with E-state index in [1.807, 2.05) is 12.1 Å². The first-order valence-corrected chi connectivity index (χ1v) is 9.08. The van der Waals surface area contributed by atoms with E-state index in [1.165, 1.54) is 19.3 Å². The predicted molar refractivity (Wildman–Crippen MR) is 94.4 cm³/mol. The molecular weight excluding hydrogens is 304 g/mol. The molecule has 1 aromatic rings. The Bertz CT molecular complexity index is 520. The van der Waals surface area contributed by atoms with Crippen molar-refractivity contribution in [1.29, 1.82) is 0 Å². The van der Waals surface area contributed by atoms with Gasteiger partial charge in [-0.25, -0.2) is 9.78 Å². The first kappa shape index (κ1) is 17.0. The van der Waals surface area contributed by atoms with Crippen LogP contribution in [0.2, 0.25) is 0 Å². The number of aromatic nitrogens is 1. The summed E-state index contributed by atoms with van der Waals surface area (Å²) in [5.41, 5.74) is 0.694. The van der Waals surface area contributed by atoms with Gasteiger partial charge in [0.2, 0.25) is 5.88 Å². The summed E-state index contributed by atoms with van der Waals surface area (Å²) in [5.74, 6) is 0.628. The lowest BCUT2D eigenvalue weighted by Gasteiger charge is -2.28. The predicted octanol–water partition coefficient (Wildman–Crippen LogP) is 3.01. The summed E-state index contributed by atoms with van der Waals surface area (Å²) < 4.78 is 5.92. The Balaban J connectivity index is 1.44. The Kier molecular flexibility index (Phi) is 5.91. The van der Waals surface area contributed by atoms with Crippen LogP contribution in [0.5, 0.6) is 5.88 Å². The molecule has 0 bridgehead atoms. The van der Waals surface area contributed by atoms with Crippen LogP contribution in [-0.2, 0) is 0 Å². The molecule has 0 unspecified atom stereocenters. The van der Waals surface area contributed by atoms with Gasteiger partial charge in [0, 0.05) is 25.2 Å². The van der Waals surface area contributed by atoms with Crippen molar-refractivity contribution in [3.63, 3.8) is 0 Å². The highest BCUT2D eigenvalue weighted by atomic mass is 16.5. The average molecular weight is 332 g/mol. The van der Waals surface area contributed by atoms with Gasteiger partial charge in [-0.3, -0.25) is 0 Å². The zero-order valence-corrected chi connectivity index (χ0v) is 14.5. The number of ether oxygens (including phenoxy) is 1. The van der Waals surface area contributed by atoms with Crippen molar-refractivity contribution in [2.75, 3.05) is 25.5 Å². The molecule has 1 saturated carbocycles. The number of nitrogens with one attached hydrogen (secondary N) is 2. The van der Waals surface area contributed by atoms with E-state index >= 15 is 0 Å². The summed E-state index contributed by atoms with van der Waals surface area (Å²) in [4.78, 5) is 18.7. The maximum absolute atomic E-state index is 12.0. The highest BCUT2D eigenvalue weighted by Crippen LogP contribution is 2.19. The summed E-state index contributed by atoms with van der Waals surface area (Å²) >= 11 is 0. The van der Waals surface area contributed by atoms with Crippen molar-refractivity contribution < 1.29 is 9.53 Å². The maximum Gasteiger partial charge on any atom is 0.319 e. The Morgan fingerprint density at radius 2 is 1.92 bits per heavy atom. The molecule has 1 aliphatic carbocycles. The van der Waals surface area contributed by atoms with Gasteiger partial charge in [0.1, 0.15) is 6.10 Å². The molecule has 2 N–H and O–H groups in total. The molecule has 0 spiro atoms. The maximum atomic E-state index is 12.0. The number of rotatable bonds is 4. The summed E-state index contributed by atoms with van der Waals surface area (Å²) in [5, 5.41) is 5.89. The summed E-state index contributed by atoms with van der Waals surface area (Å²) in [6.45, 7) is 2.12. The highest BCUT2D eigenvalue weighted by molar-refractivity contribution is 5.89. The SMILES string of the molecule is CN1CCC(Oc2ccc(NC(=O)NC3CCCCC3)cn2)CC1. The van der Waals surface area contributed by atoms with Crippen LogP contribution in [0.25, 0.3) is 0 Å². The van der Waals surface area contributed by atoms with Crippen molar-refractivity contribution in [2.24, 2.45) is 0 Å². The molecule has 1 aliphatic heterocycles. The average Bonchev–Trinajstić information content (AvgIpc) is 2.59. The largest absolute Gasteiger partial charge is 0.474 e. The number of likely N-dealkylation sites (tertiary alicyclic amines) is 1. The third kappa shape index (κ3) is 5.09. The molecule has 24 heavy (non-hydrogen) atoms. The monoisotopic (exact) mass is 332 g/mol. The molecule has 0 aromatic carbocycles. The minimum atomic E-state index is -0.146. The number of anilines is 1. The van der Waals surface area contributed by atoms with E-state index < -0.39 is 0 Å². The standard InChI is InChI=1S/C18H28N4O2/c1-22-11-9-16(10-12-22)24-17-8-7-15(13-19-17)21-18(23)20-14-5-3-2-4-6-14/h7-8,13-14,16H,2-6,9-12H2,1H3,(H2,20,21,23). The van der Waals surface area contributed by atoms with Crippen LogP contribution in [0.15, 0.2) is 18.3 Å². The molecule has 3 rings (SSSR count). The van der Waals surface area contributed by atoms with Crippen molar-refractivity contribution in [2.45, 2.75) is 57.1 Å². The highest BCUT2D eigenvalue weighted by Gasteiger charge is 2.19. The molecule has 2 fully saturated rings. The minimum Gasteiger partial charge on any atom is -0.474 e. The fourth-order valence-corrected chi connectivity index (χ4v) is 3.40. The lowest BCUT2D eigenvalue weighted by Crippen LogP contribution is -2.39. The van der Waals surface area contributed by atoms with Crippen LogP contribution in [0.4, 0.5) is 10.5 Å². The number of carbonyl (C=O) groups is 1. The van der Waals surface area contributed by atoms with Gasteiger partial charge in [-0.2, -0.15) is 0 Å². The van der Waals surface area contributed by atoms with E-state index in [1.54, 1.807) is 6.20 Å². The fourth-order valence-electron chi connectivity index (χ4n) is 3.40. The van der Waals surface area contributed by atoms with Gasteiger partial charge in [-0.15, -0.1) is 0 Å². The number of hydrogen-bond acceptors (Lipinski definition) is 4. The van der Waals surface area contributed by atoms with E-state index in [9.17, 15) is 4.79 Å². The fraction of sp³-hybridized carbons (Fsp3) is 0.667. The van der Waals surface area contributed by atoms with Crippen LogP contribution in [-0.4, -0.2) is 48.2 Å². The van der Waals surface area contributed by atoms with Crippen LogP contribution in [0.3, 0.4) is 0 Å². The van der Waals surface area contributed by atoms with Crippen LogP contribution in [0.1, 0.15) is 44.9 Å². The van der Waals surface area contributed by atoms with E-state index in [-0.39, 0.29) is 12.1 Å². The van der Waals surface area contributed by atoms with E-state index in [0.717, 1.165) is 38.8 Å². The Labute approximate surface area is 144 Å². The molecule has 0 radical (unpaired) electrons. The number of pyridine rings is 1. The molecule has 2 heterocycles. The van der Waals surface area contributed by atoms with Gasteiger partial charge in [0.25, 0.3) is 0 Å². The smallest absolute Gasteiger partial charge is 0.319 e. The van der Waals surface area contributed by atoms with Gasteiger partial charge in [0.15, 0.2) is 0 Å². The lowest BCUT2D eigenvalue weighted by atomic mass is 9.96. The molecule has 1 saturated heterocycles. The molecule has 132 valence electrons. The second-order valence-corrected chi connectivity index (χ2v) is 6.94. The summed E-state index contributed by atoms with van der Waals surface area (Å²) in [6.07, 6.45) is 9.80. The van der Waals surface area contributed by atoms with Crippen LogP contribution < -0.4 is 15.4 Å². The third-order valence-electron chi connectivity index (χ3n) is 4.89. The summed E-state index contributed by atoms with van der Waals surface area (Å²) in [7, 11) is 2.13. The number of carbonyl (C=O) groups excluding carboxylic acids is 1. The third-order valence-corrected chi connectivity index (χ3v) is 4.89. The van der Waals surface area contributed by atoms with Crippen molar-refractivity contribution >= 4 is 11.7 Å². The normalized spacial score (nSPS) is 20.5. The molecule has 2 aliphatic rings. The van der Waals surface area contributed by atoms with Gasteiger partial charge in [-0.1, -0.05) is 19.3 Å². The van der Waals surface area contributed by atoms with Gasteiger partial charge < -0.3 is 20.3 Å². The van der Waals surface area contributed by atoms with Crippen LogP contribution in [0, 0.1) is 0 Å². The molecule has 0 atom stereocenters. The zero-order valence-electron chi connectivity index (χ0n) is 14.5. The topological polar surface area (TPSA) is 66.5 Å². The first-order valence-electron chi connectivity index (χ1n) is 9.08. The Hall–Kier alpha value is -1.82. The quantitative estimate of drug-likeness (QED) is 0.889. The molecule has 2 amide bonds. The van der Waals surface area contributed by atoms with Gasteiger partial charge in [0.05, 0.1) is 11.9 Å². The number of amides is 2. The van der Waals surface area contributed by atoms with E-state index in [4.69, 9.17) is 4.74 Å². The first-order chi connectivity index (χ1) is 11.7. The second kappa shape index (κ2) is 8.33. The number of piperidine rings is 1. The van der Waals surface area contributed by atoms with E-state index in [0.29, 0.717) is 17.6 Å².